The highest BCUT2D eigenvalue weighted by Crippen LogP contribution is 2.31. The van der Waals surface area contributed by atoms with Crippen LogP contribution in [0.3, 0.4) is 0 Å². The zero-order valence-corrected chi connectivity index (χ0v) is 18.3. The second-order valence-electron chi connectivity index (χ2n) is 8.78. The average molecular weight is 415 g/mol. The molecule has 0 unspecified atom stereocenters. The maximum absolute atomic E-state index is 5.33. The van der Waals surface area contributed by atoms with Crippen molar-refractivity contribution in [1.29, 1.82) is 0 Å². The smallest absolute Gasteiger partial charge is 0.131 e. The van der Waals surface area contributed by atoms with Crippen LogP contribution in [0.25, 0.3) is 11.3 Å². The topological polar surface area (TPSA) is 51.1 Å². The molecule has 3 heterocycles. The number of pyridine rings is 1. The van der Waals surface area contributed by atoms with E-state index in [-0.39, 0.29) is 0 Å². The summed E-state index contributed by atoms with van der Waals surface area (Å²) >= 11 is 0. The number of hydrogen-bond acceptors (Lipinski definition) is 5. The van der Waals surface area contributed by atoms with Gasteiger partial charge in [0.05, 0.1) is 12.8 Å². The van der Waals surface area contributed by atoms with Crippen LogP contribution in [0.1, 0.15) is 60.7 Å². The Labute approximate surface area is 184 Å². The van der Waals surface area contributed by atoms with Crippen molar-refractivity contribution >= 4 is 0 Å². The van der Waals surface area contributed by atoms with E-state index in [2.05, 4.69) is 29.3 Å². The van der Waals surface area contributed by atoms with Crippen LogP contribution in [0.4, 0.5) is 0 Å². The molecule has 31 heavy (non-hydrogen) atoms. The predicted octanol–water partition coefficient (Wildman–Crippen LogP) is 5.15. The Kier molecular flexibility index (Phi) is 5.94. The summed E-state index contributed by atoms with van der Waals surface area (Å²) in [4.78, 5) is 16.9. The number of hydrogen-bond donors (Lipinski definition) is 0. The number of nitrogens with zero attached hydrogens (tertiary/aromatic N) is 4. The molecule has 1 fully saturated rings. The Morgan fingerprint density at radius 2 is 1.94 bits per heavy atom. The molecule has 0 atom stereocenters. The van der Waals surface area contributed by atoms with E-state index in [1.54, 1.807) is 7.11 Å². The van der Waals surface area contributed by atoms with Crippen LogP contribution in [0.15, 0.2) is 48.8 Å². The minimum absolute atomic E-state index is 0.575. The van der Waals surface area contributed by atoms with Gasteiger partial charge in [-0.3, -0.25) is 9.88 Å². The van der Waals surface area contributed by atoms with Gasteiger partial charge in [0.15, 0.2) is 0 Å². The first-order chi connectivity index (χ1) is 15.3. The van der Waals surface area contributed by atoms with Crippen molar-refractivity contribution in [2.24, 2.45) is 0 Å². The second-order valence-corrected chi connectivity index (χ2v) is 8.78. The zero-order valence-electron chi connectivity index (χ0n) is 18.3. The molecule has 0 bridgehead atoms. The van der Waals surface area contributed by atoms with E-state index < -0.39 is 0 Å². The van der Waals surface area contributed by atoms with Crippen molar-refractivity contribution in [2.45, 2.75) is 57.5 Å². The van der Waals surface area contributed by atoms with Gasteiger partial charge in [-0.1, -0.05) is 37.5 Å². The Hall–Kier alpha value is -2.79. The third-order valence-electron chi connectivity index (χ3n) is 6.60. The molecule has 1 aliphatic heterocycles. The molecule has 5 heteroatoms. The van der Waals surface area contributed by atoms with Gasteiger partial charge < -0.3 is 4.74 Å². The van der Waals surface area contributed by atoms with Crippen molar-refractivity contribution in [3.8, 4) is 17.0 Å². The number of rotatable bonds is 5. The van der Waals surface area contributed by atoms with Crippen LogP contribution >= 0.6 is 0 Å². The lowest BCUT2D eigenvalue weighted by atomic mass is 9.88. The minimum atomic E-state index is 0.575. The Bertz CT molecular complexity index is 1030. The first-order valence-corrected chi connectivity index (χ1v) is 11.4. The standard InChI is InChI=1S/C26H30N4O/c1-31-23-9-5-8-21(14-23)24-11-10-19(15-27-24)17-30-13-12-25-22(18-30)16-28-26(29-25)20-6-3-2-4-7-20/h5,8-11,14-16,20H,2-4,6-7,12-13,17-18H2,1H3. The molecule has 0 saturated heterocycles. The van der Waals surface area contributed by atoms with Gasteiger partial charge in [0, 0.05) is 61.2 Å². The van der Waals surface area contributed by atoms with Crippen molar-refractivity contribution in [1.82, 2.24) is 19.9 Å². The van der Waals surface area contributed by atoms with E-state index >= 15 is 0 Å². The summed E-state index contributed by atoms with van der Waals surface area (Å²) in [7, 11) is 1.69. The molecule has 2 aromatic heterocycles. The highest BCUT2D eigenvalue weighted by molar-refractivity contribution is 5.61. The summed E-state index contributed by atoms with van der Waals surface area (Å²) in [5.41, 5.74) is 5.82. The normalized spacial score (nSPS) is 17.3. The van der Waals surface area contributed by atoms with Gasteiger partial charge in [0.2, 0.25) is 0 Å². The SMILES string of the molecule is COc1cccc(-c2ccc(CN3CCc4nc(C5CCCCC5)ncc4C3)cn2)c1. The molecule has 160 valence electrons. The number of methoxy groups -OCH3 is 1. The Morgan fingerprint density at radius 3 is 2.74 bits per heavy atom. The first kappa shape index (κ1) is 20.1. The largest absolute Gasteiger partial charge is 0.497 e. The summed E-state index contributed by atoms with van der Waals surface area (Å²) in [6, 6.07) is 12.3. The predicted molar refractivity (Wildman–Crippen MR) is 122 cm³/mol. The molecule has 1 aliphatic carbocycles. The minimum Gasteiger partial charge on any atom is -0.497 e. The molecule has 5 nitrogen and oxygen atoms in total. The van der Waals surface area contributed by atoms with Gasteiger partial charge in [0.1, 0.15) is 11.6 Å². The van der Waals surface area contributed by atoms with Crippen molar-refractivity contribution in [3.05, 3.63) is 71.4 Å². The third kappa shape index (κ3) is 4.62. The number of fused-ring (bicyclic) bond motifs is 1. The van der Waals surface area contributed by atoms with E-state index in [9.17, 15) is 0 Å². The molecule has 0 spiro atoms. The Balaban J connectivity index is 1.23. The van der Waals surface area contributed by atoms with E-state index in [1.807, 2.05) is 24.4 Å². The van der Waals surface area contributed by atoms with Crippen LogP contribution in [0.5, 0.6) is 5.75 Å². The molecule has 2 aliphatic rings. The number of benzene rings is 1. The molecule has 1 saturated carbocycles. The van der Waals surface area contributed by atoms with Crippen molar-refractivity contribution in [2.75, 3.05) is 13.7 Å². The highest BCUT2D eigenvalue weighted by Gasteiger charge is 2.22. The second kappa shape index (κ2) is 9.15. The summed E-state index contributed by atoms with van der Waals surface area (Å²) in [6.07, 6.45) is 11.6. The van der Waals surface area contributed by atoms with Gasteiger partial charge in [-0.15, -0.1) is 0 Å². The lowest BCUT2D eigenvalue weighted by molar-refractivity contribution is 0.242. The number of aromatic nitrogens is 3. The Morgan fingerprint density at radius 1 is 1.03 bits per heavy atom. The van der Waals surface area contributed by atoms with Crippen LogP contribution in [-0.4, -0.2) is 33.5 Å². The maximum Gasteiger partial charge on any atom is 0.131 e. The number of ether oxygens (including phenoxy) is 1. The molecule has 0 N–H and O–H groups in total. The van der Waals surface area contributed by atoms with Crippen molar-refractivity contribution < 1.29 is 4.74 Å². The molecule has 0 radical (unpaired) electrons. The van der Waals surface area contributed by atoms with Crippen molar-refractivity contribution in [3.63, 3.8) is 0 Å². The zero-order chi connectivity index (χ0) is 21.0. The maximum atomic E-state index is 5.33. The van der Waals surface area contributed by atoms with E-state index in [1.165, 1.54) is 48.9 Å². The first-order valence-electron chi connectivity index (χ1n) is 11.4. The quantitative estimate of drug-likeness (QED) is 0.578. The molecule has 0 amide bonds. The summed E-state index contributed by atoms with van der Waals surface area (Å²) in [5.74, 6) is 2.51. The van der Waals surface area contributed by atoms with Crippen LogP contribution in [-0.2, 0) is 19.5 Å². The molecular weight excluding hydrogens is 384 g/mol. The van der Waals surface area contributed by atoms with Gasteiger partial charge in [0.25, 0.3) is 0 Å². The fourth-order valence-corrected chi connectivity index (χ4v) is 4.81. The van der Waals surface area contributed by atoms with Gasteiger partial charge >= 0.3 is 0 Å². The van der Waals surface area contributed by atoms with Gasteiger partial charge in [-0.25, -0.2) is 9.97 Å². The van der Waals surface area contributed by atoms with Crippen LogP contribution < -0.4 is 4.74 Å². The summed E-state index contributed by atoms with van der Waals surface area (Å²) in [5, 5.41) is 0. The van der Waals surface area contributed by atoms with E-state index in [4.69, 9.17) is 19.7 Å². The van der Waals surface area contributed by atoms with E-state index in [0.717, 1.165) is 48.9 Å². The fraction of sp³-hybridized carbons (Fsp3) is 0.423. The monoisotopic (exact) mass is 414 g/mol. The van der Waals surface area contributed by atoms with Gasteiger partial charge in [-0.05, 0) is 36.6 Å². The lowest BCUT2D eigenvalue weighted by Gasteiger charge is -2.29. The third-order valence-corrected chi connectivity index (χ3v) is 6.60. The molecule has 1 aromatic carbocycles. The van der Waals surface area contributed by atoms with Crippen LogP contribution in [0, 0.1) is 0 Å². The molecule has 3 aromatic rings. The highest BCUT2D eigenvalue weighted by atomic mass is 16.5. The van der Waals surface area contributed by atoms with Gasteiger partial charge in [-0.2, -0.15) is 0 Å². The average Bonchev–Trinajstić information content (AvgIpc) is 2.85. The summed E-state index contributed by atoms with van der Waals surface area (Å²) < 4.78 is 5.33. The fourth-order valence-electron chi connectivity index (χ4n) is 4.81. The molecule has 5 rings (SSSR count). The van der Waals surface area contributed by atoms with E-state index in [0.29, 0.717) is 5.92 Å². The summed E-state index contributed by atoms with van der Waals surface area (Å²) in [6.45, 7) is 2.85. The lowest BCUT2D eigenvalue weighted by Crippen LogP contribution is -2.31. The molecular formula is C26H30N4O. The van der Waals surface area contributed by atoms with Crippen LogP contribution in [0.2, 0.25) is 0 Å².